The van der Waals surface area contributed by atoms with Crippen molar-refractivity contribution in [1.29, 1.82) is 0 Å². The Morgan fingerprint density at radius 1 is 1.17 bits per heavy atom. The van der Waals surface area contributed by atoms with E-state index < -0.39 is 4.84 Å². The average molecular weight is 388 g/mol. The quantitative estimate of drug-likeness (QED) is 0.615. The molecule has 0 unspecified atom stereocenters. The maximum atomic E-state index is 12.3. The first-order chi connectivity index (χ1) is 11.4. The number of rotatable bonds is 7. The Balaban J connectivity index is 2.18. The summed E-state index contributed by atoms with van der Waals surface area (Å²) in [6, 6.07) is 11.7. The van der Waals surface area contributed by atoms with Gasteiger partial charge in [0.05, 0.1) is 6.54 Å². The van der Waals surface area contributed by atoms with Gasteiger partial charge in [-0.1, -0.05) is 66.8 Å². The largest absolute Gasteiger partial charge is 0.345 e. The average Bonchev–Trinajstić information content (AvgIpc) is 2.94. The van der Waals surface area contributed by atoms with Crippen LogP contribution in [0.25, 0.3) is 0 Å². The van der Waals surface area contributed by atoms with E-state index in [4.69, 9.17) is 34.8 Å². The maximum Gasteiger partial charge on any atom is 0.256 e. The molecule has 0 bridgehead atoms. The van der Waals surface area contributed by atoms with Gasteiger partial charge in [-0.3, -0.25) is 4.79 Å². The second kappa shape index (κ2) is 8.80. The number of hydrogen-bond acceptors (Lipinski definition) is 1. The predicted molar refractivity (Wildman–Crippen MR) is 101 cm³/mol. The molecule has 2 rings (SSSR count). The molecule has 1 aromatic heterocycles. The molecule has 1 heterocycles. The molecule has 130 valence electrons. The Morgan fingerprint density at radius 2 is 1.88 bits per heavy atom. The smallest absolute Gasteiger partial charge is 0.256 e. The van der Waals surface area contributed by atoms with Crippen LogP contribution >= 0.6 is 34.8 Å². The molecular weight excluding hydrogens is 367 g/mol. The number of nitrogens with zero attached hydrogens (tertiary/aromatic N) is 2. The Labute approximate surface area is 158 Å². The van der Waals surface area contributed by atoms with Gasteiger partial charge in [0.15, 0.2) is 4.84 Å². The van der Waals surface area contributed by atoms with Crippen LogP contribution in [-0.4, -0.2) is 26.8 Å². The number of amides is 1. The van der Waals surface area contributed by atoms with E-state index in [0.29, 0.717) is 25.6 Å². The Morgan fingerprint density at radius 3 is 2.50 bits per heavy atom. The molecule has 0 aliphatic rings. The first-order valence-corrected chi connectivity index (χ1v) is 9.08. The van der Waals surface area contributed by atoms with Crippen molar-refractivity contribution in [3.8, 4) is 0 Å². The van der Waals surface area contributed by atoms with Crippen LogP contribution in [0.3, 0.4) is 0 Å². The fourth-order valence-electron chi connectivity index (χ4n) is 2.56. The van der Waals surface area contributed by atoms with E-state index in [1.54, 1.807) is 4.90 Å². The molecule has 0 aliphatic carbocycles. The van der Waals surface area contributed by atoms with Crippen molar-refractivity contribution >= 4 is 40.7 Å². The van der Waals surface area contributed by atoms with E-state index in [0.717, 1.165) is 16.3 Å². The lowest BCUT2D eigenvalue weighted by atomic mass is 10.2. The molecule has 0 spiro atoms. The summed E-state index contributed by atoms with van der Waals surface area (Å²) in [6.07, 6.45) is 1.98. The van der Waals surface area contributed by atoms with Gasteiger partial charge in [-0.25, -0.2) is 0 Å². The molecule has 6 heteroatoms. The van der Waals surface area contributed by atoms with Crippen LogP contribution in [0.2, 0.25) is 5.02 Å². The lowest BCUT2D eigenvalue weighted by Crippen LogP contribution is -2.37. The number of carbonyl (C=O) groups is 1. The van der Waals surface area contributed by atoms with Crippen molar-refractivity contribution < 1.29 is 4.79 Å². The second-order valence-electron chi connectivity index (χ2n) is 6.13. The number of carbonyl (C=O) groups excluding carboxylic acids is 1. The van der Waals surface area contributed by atoms with Crippen LogP contribution in [-0.2, 0) is 17.9 Å². The summed E-state index contributed by atoms with van der Waals surface area (Å²) in [5.74, 6) is 0.0607. The van der Waals surface area contributed by atoms with E-state index in [-0.39, 0.29) is 5.91 Å². The van der Waals surface area contributed by atoms with Crippen LogP contribution in [0.15, 0.2) is 42.6 Å². The van der Waals surface area contributed by atoms with Crippen molar-refractivity contribution in [3.63, 3.8) is 0 Å². The van der Waals surface area contributed by atoms with Gasteiger partial charge in [0.25, 0.3) is 5.91 Å². The zero-order valence-corrected chi connectivity index (χ0v) is 16.0. The standard InChI is InChI=1S/C18H21Cl3N2O/c1-13(2)10-23(18(24)17(20)21)12-15-7-5-9-22(15)11-14-6-3-4-8-16(14)19/h3-9,13,17H,10-12H2,1-2H3. The highest BCUT2D eigenvalue weighted by atomic mass is 35.5. The third-order valence-corrected chi connectivity index (χ3v) is 4.40. The number of aromatic nitrogens is 1. The third-order valence-electron chi connectivity index (χ3n) is 3.66. The molecule has 0 saturated carbocycles. The highest BCUT2D eigenvalue weighted by Gasteiger charge is 2.22. The van der Waals surface area contributed by atoms with Crippen LogP contribution in [0.5, 0.6) is 0 Å². The molecular formula is C18H21Cl3N2O. The molecule has 24 heavy (non-hydrogen) atoms. The van der Waals surface area contributed by atoms with E-state index in [1.807, 2.05) is 42.6 Å². The molecule has 0 N–H and O–H groups in total. The lowest BCUT2D eigenvalue weighted by molar-refractivity contribution is -0.130. The number of halogens is 3. The van der Waals surface area contributed by atoms with Crippen LogP contribution < -0.4 is 0 Å². The summed E-state index contributed by atoms with van der Waals surface area (Å²) >= 11 is 17.8. The highest BCUT2D eigenvalue weighted by molar-refractivity contribution is 6.53. The molecule has 0 atom stereocenters. The van der Waals surface area contributed by atoms with Crippen molar-refractivity contribution in [2.45, 2.75) is 31.8 Å². The monoisotopic (exact) mass is 386 g/mol. The van der Waals surface area contributed by atoms with Gasteiger partial charge in [-0.15, -0.1) is 0 Å². The zero-order valence-electron chi connectivity index (χ0n) is 13.8. The van der Waals surface area contributed by atoms with Gasteiger partial charge in [-0.2, -0.15) is 0 Å². The first-order valence-electron chi connectivity index (χ1n) is 7.83. The molecule has 0 saturated heterocycles. The lowest BCUT2D eigenvalue weighted by Gasteiger charge is -2.26. The van der Waals surface area contributed by atoms with Crippen molar-refractivity contribution in [3.05, 3.63) is 58.9 Å². The molecule has 0 radical (unpaired) electrons. The molecule has 0 aliphatic heterocycles. The number of benzene rings is 1. The van der Waals surface area contributed by atoms with E-state index >= 15 is 0 Å². The summed E-state index contributed by atoms with van der Waals surface area (Å²) in [7, 11) is 0. The van der Waals surface area contributed by atoms with Crippen molar-refractivity contribution in [1.82, 2.24) is 9.47 Å². The Bertz CT molecular complexity index is 682. The Kier molecular flexibility index (Phi) is 7.02. The van der Waals surface area contributed by atoms with Gasteiger partial charge in [0.2, 0.25) is 0 Å². The minimum Gasteiger partial charge on any atom is -0.345 e. The summed E-state index contributed by atoms with van der Waals surface area (Å²) in [5.41, 5.74) is 2.05. The van der Waals surface area contributed by atoms with E-state index in [1.165, 1.54) is 0 Å². The van der Waals surface area contributed by atoms with E-state index in [9.17, 15) is 4.79 Å². The van der Waals surface area contributed by atoms with Gasteiger partial charge in [-0.05, 0) is 29.7 Å². The summed E-state index contributed by atoms with van der Waals surface area (Å²) < 4.78 is 2.08. The normalized spacial score (nSPS) is 11.3. The minimum absolute atomic E-state index is 0.266. The molecule has 0 fully saturated rings. The van der Waals surface area contributed by atoms with Crippen LogP contribution in [0, 0.1) is 5.92 Å². The maximum absolute atomic E-state index is 12.3. The molecule has 3 nitrogen and oxygen atoms in total. The van der Waals surface area contributed by atoms with Crippen molar-refractivity contribution in [2.75, 3.05) is 6.54 Å². The van der Waals surface area contributed by atoms with Crippen molar-refractivity contribution in [2.24, 2.45) is 5.92 Å². The topological polar surface area (TPSA) is 25.2 Å². The summed E-state index contributed by atoms with van der Waals surface area (Å²) in [5, 5.41) is 0.730. The summed E-state index contributed by atoms with van der Waals surface area (Å²) in [6.45, 7) is 5.83. The van der Waals surface area contributed by atoms with Crippen LogP contribution in [0.1, 0.15) is 25.1 Å². The SMILES string of the molecule is CC(C)CN(Cc1cccn1Cc1ccccc1Cl)C(=O)C(Cl)Cl. The second-order valence-corrected chi connectivity index (χ2v) is 7.64. The molecule has 1 amide bonds. The van der Waals surface area contributed by atoms with Gasteiger partial charge < -0.3 is 9.47 Å². The highest BCUT2D eigenvalue weighted by Crippen LogP contribution is 2.19. The van der Waals surface area contributed by atoms with Gasteiger partial charge in [0.1, 0.15) is 0 Å². The van der Waals surface area contributed by atoms with E-state index in [2.05, 4.69) is 18.4 Å². The minimum atomic E-state index is -1.05. The predicted octanol–water partition coefficient (Wildman–Crippen LogP) is 4.98. The van der Waals surface area contributed by atoms with Crippen LogP contribution in [0.4, 0.5) is 0 Å². The molecule has 1 aromatic carbocycles. The number of hydrogen-bond donors (Lipinski definition) is 0. The third kappa shape index (κ3) is 5.17. The summed E-state index contributed by atoms with van der Waals surface area (Å²) in [4.78, 5) is 12.9. The first kappa shape index (κ1) is 19.2. The Hall–Kier alpha value is -1.16. The number of alkyl halides is 2. The fourth-order valence-corrected chi connectivity index (χ4v) is 3.04. The molecule has 2 aromatic rings. The van der Waals surface area contributed by atoms with Gasteiger partial charge in [0, 0.05) is 30.0 Å². The van der Waals surface area contributed by atoms with Gasteiger partial charge >= 0.3 is 0 Å². The fraction of sp³-hybridized carbons (Fsp3) is 0.389. The zero-order chi connectivity index (χ0) is 17.7.